The van der Waals surface area contributed by atoms with Crippen LogP contribution < -0.4 is 5.32 Å². The topological polar surface area (TPSA) is 40.8 Å². The Labute approximate surface area is 163 Å². The molecule has 1 N–H and O–H groups in total. The quantitative estimate of drug-likeness (QED) is 0.405. The molecule has 4 aromatic carbocycles. The number of anilines is 2. The van der Waals surface area contributed by atoms with Gasteiger partial charge in [0.15, 0.2) is 0 Å². The summed E-state index contributed by atoms with van der Waals surface area (Å²) in [5, 5.41) is 14.8. The van der Waals surface area contributed by atoms with Crippen LogP contribution in [0.5, 0.6) is 0 Å². The fraction of sp³-hybridized carbons (Fsp3) is 0. The third-order valence-corrected chi connectivity index (χ3v) is 4.99. The smallest absolute Gasteiger partial charge is 0.0991 e. The van der Waals surface area contributed by atoms with E-state index >= 15 is 0 Å². The summed E-state index contributed by atoms with van der Waals surface area (Å²) in [6.07, 6.45) is 0. The number of nitrogens with one attached hydrogen (secondary N) is 1. The number of hydrogen-bond acceptors (Lipinski definition) is 2. The van der Waals surface area contributed by atoms with Crippen molar-refractivity contribution in [3.05, 3.63) is 103 Å². The summed E-state index contributed by atoms with van der Waals surface area (Å²) in [7, 11) is 0. The molecule has 3 heteroatoms. The van der Waals surface area contributed by atoms with E-state index in [2.05, 4.69) is 82.7 Å². The molecule has 0 aliphatic carbocycles. The zero-order valence-corrected chi connectivity index (χ0v) is 15.1. The van der Waals surface area contributed by atoms with E-state index in [1.54, 1.807) is 0 Å². The summed E-state index contributed by atoms with van der Waals surface area (Å²) >= 11 is 0. The maximum Gasteiger partial charge on any atom is 0.0991 e. The van der Waals surface area contributed by atoms with E-state index in [-0.39, 0.29) is 0 Å². The number of nitrogens with zero attached hydrogens (tertiary/aromatic N) is 2. The van der Waals surface area contributed by atoms with Crippen molar-refractivity contribution in [2.75, 3.05) is 5.32 Å². The van der Waals surface area contributed by atoms with Gasteiger partial charge in [-0.3, -0.25) is 0 Å². The van der Waals surface area contributed by atoms with Gasteiger partial charge in [-0.15, -0.1) is 0 Å². The number of benzene rings is 4. The minimum absolute atomic E-state index is 0.659. The largest absolute Gasteiger partial charge is 0.356 e. The van der Waals surface area contributed by atoms with Crippen LogP contribution in [0.2, 0.25) is 0 Å². The van der Waals surface area contributed by atoms with Crippen molar-refractivity contribution >= 4 is 33.2 Å². The summed E-state index contributed by atoms with van der Waals surface area (Å²) < 4.78 is 2.30. The van der Waals surface area contributed by atoms with Crippen molar-refractivity contribution in [3.63, 3.8) is 0 Å². The molecule has 0 spiro atoms. The van der Waals surface area contributed by atoms with Gasteiger partial charge >= 0.3 is 0 Å². The van der Waals surface area contributed by atoms with Crippen LogP contribution in [-0.2, 0) is 0 Å². The Morgan fingerprint density at radius 1 is 0.643 bits per heavy atom. The van der Waals surface area contributed by atoms with E-state index < -0.39 is 0 Å². The minimum atomic E-state index is 0.659. The monoisotopic (exact) mass is 359 g/mol. The number of nitriles is 1. The van der Waals surface area contributed by atoms with Gasteiger partial charge < -0.3 is 9.88 Å². The Hall–Kier alpha value is -4.03. The molecule has 1 aromatic heterocycles. The van der Waals surface area contributed by atoms with Crippen molar-refractivity contribution < 1.29 is 0 Å². The van der Waals surface area contributed by atoms with Gasteiger partial charge in [0, 0.05) is 27.8 Å². The Balaban J connectivity index is 1.66. The summed E-state index contributed by atoms with van der Waals surface area (Å²) in [5.41, 5.74) is 6.17. The van der Waals surface area contributed by atoms with Gasteiger partial charge in [-0.05, 0) is 60.7 Å². The molecule has 28 heavy (non-hydrogen) atoms. The molecule has 132 valence electrons. The SMILES string of the molecule is N#Cc1ccc(Nc2ccc3c(c2)c2ccccc2n3-c2ccccc2)cc1. The maximum absolute atomic E-state index is 8.96. The first-order valence-electron chi connectivity index (χ1n) is 9.19. The van der Waals surface area contributed by atoms with Crippen molar-refractivity contribution in [2.45, 2.75) is 0 Å². The Morgan fingerprint density at radius 3 is 2.11 bits per heavy atom. The summed E-state index contributed by atoms with van der Waals surface area (Å²) in [5.74, 6) is 0. The van der Waals surface area contributed by atoms with Gasteiger partial charge in [-0.25, -0.2) is 0 Å². The lowest BCUT2D eigenvalue weighted by atomic mass is 10.1. The van der Waals surface area contributed by atoms with E-state index in [0.29, 0.717) is 5.56 Å². The zero-order chi connectivity index (χ0) is 18.9. The summed E-state index contributed by atoms with van der Waals surface area (Å²) in [6, 6.07) is 35.0. The first-order chi connectivity index (χ1) is 13.8. The van der Waals surface area contributed by atoms with Gasteiger partial charge in [0.2, 0.25) is 0 Å². The molecule has 0 radical (unpaired) electrons. The molecule has 5 rings (SSSR count). The normalized spacial score (nSPS) is 10.8. The minimum Gasteiger partial charge on any atom is -0.356 e. The second-order valence-electron chi connectivity index (χ2n) is 6.73. The predicted molar refractivity (Wildman–Crippen MR) is 115 cm³/mol. The molecule has 0 saturated heterocycles. The number of rotatable bonds is 3. The maximum atomic E-state index is 8.96. The van der Waals surface area contributed by atoms with Crippen LogP contribution >= 0.6 is 0 Å². The number of aromatic nitrogens is 1. The summed E-state index contributed by atoms with van der Waals surface area (Å²) in [4.78, 5) is 0. The van der Waals surface area contributed by atoms with Crippen molar-refractivity contribution in [2.24, 2.45) is 0 Å². The van der Waals surface area contributed by atoms with Gasteiger partial charge in [0.1, 0.15) is 0 Å². The average Bonchev–Trinajstić information content (AvgIpc) is 3.09. The van der Waals surface area contributed by atoms with Gasteiger partial charge in [-0.2, -0.15) is 5.26 Å². The first-order valence-corrected chi connectivity index (χ1v) is 9.19. The first kappa shape index (κ1) is 16.2. The number of para-hydroxylation sites is 2. The Kier molecular flexibility index (Phi) is 3.81. The van der Waals surface area contributed by atoms with E-state index in [9.17, 15) is 0 Å². The van der Waals surface area contributed by atoms with E-state index in [1.807, 2.05) is 30.3 Å². The molecule has 0 fully saturated rings. The fourth-order valence-corrected chi connectivity index (χ4v) is 3.70. The highest BCUT2D eigenvalue weighted by molar-refractivity contribution is 6.10. The van der Waals surface area contributed by atoms with E-state index in [4.69, 9.17) is 5.26 Å². The number of fused-ring (bicyclic) bond motifs is 3. The predicted octanol–water partition coefficient (Wildman–Crippen LogP) is 6.40. The third kappa shape index (κ3) is 2.69. The highest BCUT2D eigenvalue weighted by Crippen LogP contribution is 2.34. The third-order valence-electron chi connectivity index (χ3n) is 4.99. The second kappa shape index (κ2) is 6.61. The lowest BCUT2D eigenvalue weighted by molar-refractivity contribution is 1.18. The van der Waals surface area contributed by atoms with Crippen LogP contribution in [0, 0.1) is 11.3 Å². The van der Waals surface area contributed by atoms with Crippen LogP contribution in [-0.4, -0.2) is 4.57 Å². The van der Waals surface area contributed by atoms with Crippen molar-refractivity contribution in [3.8, 4) is 11.8 Å². The van der Waals surface area contributed by atoms with Crippen LogP contribution in [0.25, 0.3) is 27.5 Å². The molecule has 0 saturated carbocycles. The molecule has 0 bridgehead atoms. The van der Waals surface area contributed by atoms with Gasteiger partial charge in [-0.1, -0.05) is 36.4 Å². The zero-order valence-electron chi connectivity index (χ0n) is 15.1. The second-order valence-corrected chi connectivity index (χ2v) is 6.73. The molecular weight excluding hydrogens is 342 g/mol. The van der Waals surface area contributed by atoms with E-state index in [0.717, 1.165) is 17.1 Å². The molecule has 0 amide bonds. The number of hydrogen-bond donors (Lipinski definition) is 1. The molecule has 5 aromatic rings. The lowest BCUT2D eigenvalue weighted by Crippen LogP contribution is -1.93. The molecular formula is C25H17N3. The highest BCUT2D eigenvalue weighted by atomic mass is 15.0. The van der Waals surface area contributed by atoms with Crippen LogP contribution in [0.15, 0.2) is 97.1 Å². The average molecular weight is 359 g/mol. The lowest BCUT2D eigenvalue weighted by Gasteiger charge is -2.09. The van der Waals surface area contributed by atoms with Crippen molar-refractivity contribution in [1.29, 1.82) is 5.26 Å². The Morgan fingerprint density at radius 2 is 1.32 bits per heavy atom. The highest BCUT2D eigenvalue weighted by Gasteiger charge is 2.12. The van der Waals surface area contributed by atoms with Crippen molar-refractivity contribution in [1.82, 2.24) is 4.57 Å². The summed E-state index contributed by atoms with van der Waals surface area (Å²) in [6.45, 7) is 0. The Bertz CT molecular complexity index is 1320. The standard InChI is InChI=1S/C25H17N3/c26-17-18-10-12-19(13-11-18)27-20-14-15-25-23(16-20)22-8-4-5-9-24(22)28(25)21-6-2-1-3-7-21/h1-16,27H. The fourth-order valence-electron chi connectivity index (χ4n) is 3.70. The van der Waals surface area contributed by atoms with Gasteiger partial charge in [0.25, 0.3) is 0 Å². The van der Waals surface area contributed by atoms with Crippen LogP contribution in [0.1, 0.15) is 5.56 Å². The van der Waals surface area contributed by atoms with E-state index in [1.165, 1.54) is 21.8 Å². The molecule has 0 unspecified atom stereocenters. The van der Waals surface area contributed by atoms with Gasteiger partial charge in [0.05, 0.1) is 22.7 Å². The molecule has 0 aliphatic heterocycles. The van der Waals surface area contributed by atoms with Crippen LogP contribution in [0.3, 0.4) is 0 Å². The van der Waals surface area contributed by atoms with Crippen LogP contribution in [0.4, 0.5) is 11.4 Å². The molecule has 0 aliphatic rings. The molecule has 3 nitrogen and oxygen atoms in total. The molecule has 1 heterocycles. The molecule has 0 atom stereocenters.